The second-order valence-electron chi connectivity index (χ2n) is 4.92. The van der Waals surface area contributed by atoms with Crippen LogP contribution in [0.5, 0.6) is 0 Å². The molecular weight excluding hydrogens is 232 g/mol. The zero-order valence-corrected chi connectivity index (χ0v) is 11.5. The van der Waals surface area contributed by atoms with Crippen molar-refractivity contribution in [2.75, 3.05) is 6.54 Å². The predicted octanol–water partition coefficient (Wildman–Crippen LogP) is 1.36. The van der Waals surface area contributed by atoms with Crippen LogP contribution in [0.1, 0.15) is 37.3 Å². The van der Waals surface area contributed by atoms with Crippen LogP contribution in [0.4, 0.5) is 0 Å². The van der Waals surface area contributed by atoms with Crippen LogP contribution in [0.3, 0.4) is 0 Å². The number of hydrogen-bond acceptors (Lipinski definition) is 4. The normalized spacial score (nSPS) is 12.8. The molecule has 1 aromatic rings. The van der Waals surface area contributed by atoms with E-state index in [4.69, 9.17) is 4.52 Å². The molecule has 5 nitrogen and oxygen atoms in total. The highest BCUT2D eigenvalue weighted by Gasteiger charge is 2.13. The van der Waals surface area contributed by atoms with Gasteiger partial charge < -0.3 is 14.9 Å². The fraction of sp³-hybridized carbons (Fsp3) is 0.692. The number of aryl methyl sites for hydroxylation is 2. The number of amides is 1. The number of hydrogen-bond donors (Lipinski definition) is 2. The van der Waals surface area contributed by atoms with Crippen LogP contribution in [0.25, 0.3) is 0 Å². The van der Waals surface area contributed by atoms with Crippen molar-refractivity contribution in [3.05, 3.63) is 17.0 Å². The van der Waals surface area contributed by atoms with Gasteiger partial charge in [0.15, 0.2) is 0 Å². The van der Waals surface area contributed by atoms with E-state index in [1.54, 1.807) is 0 Å². The summed E-state index contributed by atoms with van der Waals surface area (Å²) < 4.78 is 5.04. The Morgan fingerprint density at radius 1 is 1.44 bits per heavy atom. The number of aliphatic hydroxyl groups excluding tert-OH is 1. The summed E-state index contributed by atoms with van der Waals surface area (Å²) >= 11 is 0. The Morgan fingerprint density at radius 2 is 2.11 bits per heavy atom. The average Bonchev–Trinajstić information content (AvgIpc) is 2.63. The lowest BCUT2D eigenvalue weighted by Crippen LogP contribution is -2.34. The summed E-state index contributed by atoms with van der Waals surface area (Å²) in [5.41, 5.74) is 1.83. The number of aliphatic hydroxyl groups is 1. The van der Waals surface area contributed by atoms with Gasteiger partial charge in [-0.15, -0.1) is 0 Å². The molecule has 1 aromatic heterocycles. The molecule has 1 amide bonds. The fourth-order valence-corrected chi connectivity index (χ4v) is 1.64. The molecule has 0 aliphatic heterocycles. The SMILES string of the molecule is Cc1noc(C)c1CCC(=O)NCC(O)C(C)C. The number of rotatable bonds is 6. The predicted molar refractivity (Wildman–Crippen MR) is 68.2 cm³/mol. The van der Waals surface area contributed by atoms with E-state index in [2.05, 4.69) is 10.5 Å². The maximum Gasteiger partial charge on any atom is 0.220 e. The second-order valence-corrected chi connectivity index (χ2v) is 4.92. The van der Waals surface area contributed by atoms with Gasteiger partial charge in [0.05, 0.1) is 11.8 Å². The van der Waals surface area contributed by atoms with Crippen LogP contribution >= 0.6 is 0 Å². The van der Waals surface area contributed by atoms with Crippen molar-refractivity contribution in [2.24, 2.45) is 5.92 Å². The molecule has 1 rings (SSSR count). The topological polar surface area (TPSA) is 75.4 Å². The monoisotopic (exact) mass is 254 g/mol. The van der Waals surface area contributed by atoms with E-state index in [1.807, 2.05) is 27.7 Å². The van der Waals surface area contributed by atoms with Gasteiger partial charge in [-0.1, -0.05) is 19.0 Å². The lowest BCUT2D eigenvalue weighted by atomic mass is 10.1. The Kier molecular flexibility index (Phi) is 5.34. The van der Waals surface area contributed by atoms with E-state index >= 15 is 0 Å². The van der Waals surface area contributed by atoms with Gasteiger partial charge in [0.25, 0.3) is 0 Å². The number of aromatic nitrogens is 1. The van der Waals surface area contributed by atoms with Gasteiger partial charge in [0, 0.05) is 18.5 Å². The van der Waals surface area contributed by atoms with Gasteiger partial charge in [-0.25, -0.2) is 0 Å². The molecule has 0 fully saturated rings. The highest BCUT2D eigenvalue weighted by Crippen LogP contribution is 2.14. The summed E-state index contributed by atoms with van der Waals surface area (Å²) in [5, 5.41) is 16.1. The van der Waals surface area contributed by atoms with Gasteiger partial charge >= 0.3 is 0 Å². The maximum absolute atomic E-state index is 11.6. The Bertz CT molecular complexity index is 379. The number of carbonyl (C=O) groups is 1. The van der Waals surface area contributed by atoms with E-state index in [9.17, 15) is 9.90 Å². The molecule has 0 saturated carbocycles. The smallest absolute Gasteiger partial charge is 0.220 e. The van der Waals surface area contributed by atoms with E-state index in [0.717, 1.165) is 17.0 Å². The van der Waals surface area contributed by atoms with Crippen LogP contribution in [0, 0.1) is 19.8 Å². The summed E-state index contributed by atoms with van der Waals surface area (Å²) in [6, 6.07) is 0. The molecule has 0 aliphatic rings. The third-order valence-corrected chi connectivity index (χ3v) is 3.06. The molecular formula is C13H22N2O3. The van der Waals surface area contributed by atoms with E-state index in [-0.39, 0.29) is 11.8 Å². The summed E-state index contributed by atoms with van der Waals surface area (Å²) in [6.07, 6.45) is 0.506. The van der Waals surface area contributed by atoms with Crippen LogP contribution in [-0.2, 0) is 11.2 Å². The van der Waals surface area contributed by atoms with Gasteiger partial charge in [0.1, 0.15) is 5.76 Å². The molecule has 102 valence electrons. The van der Waals surface area contributed by atoms with Gasteiger partial charge in [-0.2, -0.15) is 0 Å². The Balaban J connectivity index is 2.34. The molecule has 0 spiro atoms. The van der Waals surface area contributed by atoms with Crippen LogP contribution in [0.15, 0.2) is 4.52 Å². The van der Waals surface area contributed by atoms with Crippen molar-refractivity contribution in [1.82, 2.24) is 10.5 Å². The van der Waals surface area contributed by atoms with Crippen molar-refractivity contribution in [1.29, 1.82) is 0 Å². The van der Waals surface area contributed by atoms with Crippen molar-refractivity contribution >= 4 is 5.91 Å². The molecule has 0 radical (unpaired) electrons. The molecule has 5 heteroatoms. The number of carbonyl (C=O) groups excluding carboxylic acids is 1. The number of nitrogens with zero attached hydrogens (tertiary/aromatic N) is 1. The van der Waals surface area contributed by atoms with E-state index in [0.29, 0.717) is 19.4 Å². The molecule has 2 N–H and O–H groups in total. The van der Waals surface area contributed by atoms with E-state index in [1.165, 1.54) is 0 Å². The molecule has 18 heavy (non-hydrogen) atoms. The quantitative estimate of drug-likeness (QED) is 0.803. The van der Waals surface area contributed by atoms with E-state index < -0.39 is 6.10 Å². The van der Waals surface area contributed by atoms with Gasteiger partial charge in [0.2, 0.25) is 5.91 Å². The molecule has 0 saturated heterocycles. The van der Waals surface area contributed by atoms with Crippen molar-refractivity contribution in [3.8, 4) is 0 Å². The Morgan fingerprint density at radius 3 is 2.61 bits per heavy atom. The summed E-state index contributed by atoms with van der Waals surface area (Å²) in [4.78, 5) is 11.6. The van der Waals surface area contributed by atoms with Crippen LogP contribution < -0.4 is 5.32 Å². The Labute approximate surface area is 108 Å². The molecule has 1 unspecified atom stereocenters. The lowest BCUT2D eigenvalue weighted by molar-refractivity contribution is -0.121. The largest absolute Gasteiger partial charge is 0.391 e. The molecule has 0 bridgehead atoms. The van der Waals surface area contributed by atoms with Crippen LogP contribution in [-0.4, -0.2) is 28.8 Å². The molecule has 1 heterocycles. The Hall–Kier alpha value is -1.36. The summed E-state index contributed by atoms with van der Waals surface area (Å²) in [6.45, 7) is 7.85. The molecule has 0 aliphatic carbocycles. The van der Waals surface area contributed by atoms with Crippen LogP contribution in [0.2, 0.25) is 0 Å². The minimum Gasteiger partial charge on any atom is -0.391 e. The van der Waals surface area contributed by atoms with Gasteiger partial charge in [-0.05, 0) is 26.2 Å². The molecule has 0 aromatic carbocycles. The molecule has 1 atom stereocenters. The second kappa shape index (κ2) is 6.54. The minimum absolute atomic E-state index is 0.0605. The lowest BCUT2D eigenvalue weighted by Gasteiger charge is -2.14. The van der Waals surface area contributed by atoms with Crippen molar-refractivity contribution in [2.45, 2.75) is 46.6 Å². The maximum atomic E-state index is 11.6. The zero-order valence-electron chi connectivity index (χ0n) is 11.5. The first-order valence-electron chi connectivity index (χ1n) is 6.28. The highest BCUT2D eigenvalue weighted by atomic mass is 16.5. The average molecular weight is 254 g/mol. The van der Waals surface area contributed by atoms with Crippen molar-refractivity contribution < 1.29 is 14.4 Å². The first-order valence-corrected chi connectivity index (χ1v) is 6.28. The standard InChI is InChI=1S/C13H22N2O3/c1-8(2)12(16)7-14-13(17)6-5-11-9(3)15-18-10(11)4/h8,12,16H,5-7H2,1-4H3,(H,14,17). The minimum atomic E-state index is -0.493. The first kappa shape index (κ1) is 14.7. The summed E-state index contributed by atoms with van der Waals surface area (Å²) in [7, 11) is 0. The third-order valence-electron chi connectivity index (χ3n) is 3.06. The number of nitrogens with one attached hydrogen (secondary N) is 1. The third kappa shape index (κ3) is 4.14. The fourth-order valence-electron chi connectivity index (χ4n) is 1.64. The highest BCUT2D eigenvalue weighted by molar-refractivity contribution is 5.76. The first-order chi connectivity index (χ1) is 8.41. The van der Waals surface area contributed by atoms with Crippen molar-refractivity contribution in [3.63, 3.8) is 0 Å². The summed E-state index contributed by atoms with van der Waals surface area (Å²) in [5.74, 6) is 0.852. The zero-order chi connectivity index (χ0) is 13.7. The van der Waals surface area contributed by atoms with Gasteiger partial charge in [-0.3, -0.25) is 4.79 Å².